The number of carbonyl (C=O) groups is 1. The molecule has 1 N–H and O–H groups in total. The number of aromatic nitrogens is 2. The van der Waals surface area contributed by atoms with E-state index in [-0.39, 0.29) is 5.91 Å². The van der Waals surface area contributed by atoms with Crippen LogP contribution in [0, 0.1) is 20.8 Å². The monoisotopic (exact) mass is 339 g/mol. The SMILES string of the molecule is Cc1cc(C)c(Nc2nccc(C(=O)N3CCN(C)CC3)n2)c(C)c1. The van der Waals surface area contributed by atoms with E-state index in [1.807, 2.05) is 4.90 Å². The van der Waals surface area contributed by atoms with Gasteiger partial charge in [0, 0.05) is 38.1 Å². The zero-order valence-electron chi connectivity index (χ0n) is 15.3. The summed E-state index contributed by atoms with van der Waals surface area (Å²) < 4.78 is 0. The van der Waals surface area contributed by atoms with E-state index in [9.17, 15) is 4.79 Å². The number of carbonyl (C=O) groups excluding carboxylic acids is 1. The summed E-state index contributed by atoms with van der Waals surface area (Å²) in [6, 6.07) is 5.92. The second-order valence-electron chi connectivity index (χ2n) is 6.76. The topological polar surface area (TPSA) is 61.4 Å². The summed E-state index contributed by atoms with van der Waals surface area (Å²) in [7, 11) is 2.07. The van der Waals surface area contributed by atoms with Crippen LogP contribution in [0.4, 0.5) is 11.6 Å². The van der Waals surface area contributed by atoms with Gasteiger partial charge in [-0.1, -0.05) is 17.7 Å². The first-order valence-electron chi connectivity index (χ1n) is 8.60. The molecule has 6 heteroatoms. The Hall–Kier alpha value is -2.47. The van der Waals surface area contributed by atoms with E-state index in [1.54, 1.807) is 12.3 Å². The molecule has 0 atom stereocenters. The highest BCUT2D eigenvalue weighted by Gasteiger charge is 2.21. The number of nitrogens with one attached hydrogen (secondary N) is 1. The highest BCUT2D eigenvalue weighted by molar-refractivity contribution is 5.92. The number of nitrogens with zero attached hydrogens (tertiary/aromatic N) is 4. The first-order chi connectivity index (χ1) is 11.9. The van der Waals surface area contributed by atoms with Crippen LogP contribution in [0.15, 0.2) is 24.4 Å². The lowest BCUT2D eigenvalue weighted by molar-refractivity contribution is 0.0658. The maximum absolute atomic E-state index is 12.7. The Morgan fingerprint density at radius 2 is 1.72 bits per heavy atom. The first-order valence-corrected chi connectivity index (χ1v) is 8.60. The summed E-state index contributed by atoms with van der Waals surface area (Å²) in [5, 5.41) is 3.27. The van der Waals surface area contributed by atoms with Crippen LogP contribution in [0.5, 0.6) is 0 Å². The maximum Gasteiger partial charge on any atom is 0.272 e. The Morgan fingerprint density at radius 1 is 1.08 bits per heavy atom. The van der Waals surface area contributed by atoms with Gasteiger partial charge in [0.2, 0.25) is 5.95 Å². The predicted octanol–water partition coefficient (Wildman–Crippen LogP) is 2.53. The van der Waals surface area contributed by atoms with Crippen molar-refractivity contribution in [2.45, 2.75) is 20.8 Å². The molecular formula is C19H25N5O. The van der Waals surface area contributed by atoms with E-state index in [0.717, 1.165) is 43.0 Å². The number of anilines is 2. The van der Waals surface area contributed by atoms with Gasteiger partial charge in [0.25, 0.3) is 5.91 Å². The van der Waals surface area contributed by atoms with Crippen molar-refractivity contribution in [2.24, 2.45) is 0 Å². The number of piperazine rings is 1. The van der Waals surface area contributed by atoms with Crippen molar-refractivity contribution < 1.29 is 4.79 Å². The van der Waals surface area contributed by atoms with Gasteiger partial charge in [-0.3, -0.25) is 4.79 Å². The van der Waals surface area contributed by atoms with Crippen LogP contribution >= 0.6 is 0 Å². The van der Waals surface area contributed by atoms with Gasteiger partial charge in [-0.05, 0) is 45.0 Å². The molecule has 132 valence electrons. The third kappa shape index (κ3) is 3.96. The molecule has 3 rings (SSSR count). The Balaban J connectivity index is 1.79. The molecule has 0 spiro atoms. The summed E-state index contributed by atoms with van der Waals surface area (Å²) in [4.78, 5) is 25.5. The van der Waals surface area contributed by atoms with Gasteiger partial charge in [0.15, 0.2) is 0 Å². The fourth-order valence-corrected chi connectivity index (χ4v) is 3.20. The number of benzene rings is 1. The number of likely N-dealkylation sites (N-methyl/N-ethyl adjacent to an activating group) is 1. The largest absolute Gasteiger partial charge is 0.335 e. The van der Waals surface area contributed by atoms with E-state index in [0.29, 0.717) is 11.6 Å². The normalized spacial score (nSPS) is 15.3. The molecule has 0 aliphatic carbocycles. The second kappa shape index (κ2) is 7.19. The van der Waals surface area contributed by atoms with Crippen molar-refractivity contribution in [1.82, 2.24) is 19.8 Å². The average molecular weight is 339 g/mol. The molecule has 1 aromatic heterocycles. The molecule has 2 heterocycles. The minimum absolute atomic E-state index is 0.0316. The summed E-state index contributed by atoms with van der Waals surface area (Å²) in [5.41, 5.74) is 4.92. The van der Waals surface area contributed by atoms with E-state index in [1.165, 1.54) is 5.56 Å². The smallest absolute Gasteiger partial charge is 0.272 e. The third-order valence-corrected chi connectivity index (χ3v) is 4.58. The van der Waals surface area contributed by atoms with Gasteiger partial charge >= 0.3 is 0 Å². The number of amides is 1. The van der Waals surface area contributed by atoms with Crippen molar-refractivity contribution in [3.8, 4) is 0 Å². The lowest BCUT2D eigenvalue weighted by Gasteiger charge is -2.32. The lowest BCUT2D eigenvalue weighted by atomic mass is 10.1. The Labute approximate surface area is 148 Å². The van der Waals surface area contributed by atoms with Crippen LogP contribution < -0.4 is 5.32 Å². The van der Waals surface area contributed by atoms with Gasteiger partial charge in [-0.2, -0.15) is 0 Å². The van der Waals surface area contributed by atoms with Crippen molar-refractivity contribution in [1.29, 1.82) is 0 Å². The Bertz CT molecular complexity index is 758. The summed E-state index contributed by atoms with van der Waals surface area (Å²) in [5.74, 6) is 0.422. The lowest BCUT2D eigenvalue weighted by Crippen LogP contribution is -2.47. The molecule has 1 amide bonds. The van der Waals surface area contributed by atoms with E-state index in [4.69, 9.17) is 0 Å². The van der Waals surface area contributed by atoms with Crippen LogP contribution in [-0.2, 0) is 0 Å². The zero-order valence-corrected chi connectivity index (χ0v) is 15.3. The first kappa shape index (κ1) is 17.4. The minimum Gasteiger partial charge on any atom is -0.335 e. The number of hydrogen-bond donors (Lipinski definition) is 1. The van der Waals surface area contributed by atoms with Gasteiger partial charge < -0.3 is 15.1 Å². The quantitative estimate of drug-likeness (QED) is 0.931. The standard InChI is InChI=1S/C19H25N5O/c1-13-11-14(2)17(15(3)12-13)22-19-20-6-5-16(21-19)18(25)24-9-7-23(4)8-10-24/h5-6,11-12H,7-10H2,1-4H3,(H,20,21,22). The average Bonchev–Trinajstić information content (AvgIpc) is 2.58. The minimum atomic E-state index is -0.0316. The van der Waals surface area contributed by atoms with Gasteiger partial charge in [0.1, 0.15) is 5.69 Å². The van der Waals surface area contributed by atoms with Crippen LogP contribution in [0.3, 0.4) is 0 Å². The van der Waals surface area contributed by atoms with Crippen molar-refractivity contribution in [2.75, 3.05) is 38.5 Å². The molecule has 6 nitrogen and oxygen atoms in total. The van der Waals surface area contributed by atoms with Gasteiger partial charge in [0.05, 0.1) is 0 Å². The Kier molecular flexibility index (Phi) is 4.99. The molecule has 0 saturated carbocycles. The van der Waals surface area contributed by atoms with Gasteiger partial charge in [-0.25, -0.2) is 9.97 Å². The Morgan fingerprint density at radius 3 is 2.36 bits per heavy atom. The number of hydrogen-bond acceptors (Lipinski definition) is 5. The number of aryl methyl sites for hydroxylation is 3. The molecule has 2 aromatic rings. The summed E-state index contributed by atoms with van der Waals surface area (Å²) >= 11 is 0. The fourth-order valence-electron chi connectivity index (χ4n) is 3.20. The number of rotatable bonds is 3. The van der Waals surface area contributed by atoms with Crippen LogP contribution in [0.1, 0.15) is 27.2 Å². The molecular weight excluding hydrogens is 314 g/mol. The van der Waals surface area contributed by atoms with E-state index >= 15 is 0 Å². The molecule has 25 heavy (non-hydrogen) atoms. The molecule has 1 saturated heterocycles. The van der Waals surface area contributed by atoms with Crippen molar-refractivity contribution in [3.63, 3.8) is 0 Å². The molecule has 1 aliphatic heterocycles. The summed E-state index contributed by atoms with van der Waals surface area (Å²) in [6.07, 6.45) is 1.64. The van der Waals surface area contributed by atoms with Crippen LogP contribution in [0.25, 0.3) is 0 Å². The van der Waals surface area contributed by atoms with Crippen LogP contribution in [-0.4, -0.2) is 58.9 Å². The molecule has 1 aliphatic rings. The zero-order chi connectivity index (χ0) is 18.0. The van der Waals surface area contributed by atoms with Gasteiger partial charge in [-0.15, -0.1) is 0 Å². The second-order valence-corrected chi connectivity index (χ2v) is 6.76. The van der Waals surface area contributed by atoms with E-state index in [2.05, 4.69) is 60.1 Å². The fraction of sp³-hybridized carbons (Fsp3) is 0.421. The molecule has 0 unspecified atom stereocenters. The summed E-state index contributed by atoms with van der Waals surface area (Å²) in [6.45, 7) is 9.45. The molecule has 1 aromatic carbocycles. The van der Waals surface area contributed by atoms with Crippen molar-refractivity contribution >= 4 is 17.5 Å². The maximum atomic E-state index is 12.7. The van der Waals surface area contributed by atoms with E-state index < -0.39 is 0 Å². The highest BCUT2D eigenvalue weighted by atomic mass is 16.2. The van der Waals surface area contributed by atoms with Crippen molar-refractivity contribution in [3.05, 3.63) is 46.8 Å². The molecule has 0 radical (unpaired) electrons. The van der Waals surface area contributed by atoms with Crippen LogP contribution in [0.2, 0.25) is 0 Å². The molecule has 1 fully saturated rings. The highest BCUT2D eigenvalue weighted by Crippen LogP contribution is 2.24. The molecule has 0 bridgehead atoms. The predicted molar refractivity (Wildman–Crippen MR) is 99.4 cm³/mol. The third-order valence-electron chi connectivity index (χ3n) is 4.58.